The zero-order valence-electron chi connectivity index (χ0n) is 11.5. The number of hydrogen-bond donors (Lipinski definition) is 0. The van der Waals surface area contributed by atoms with Crippen LogP contribution in [0, 0.1) is 17.6 Å². The number of rotatable bonds is 3. The molecule has 1 saturated carbocycles. The molecular weight excluding hydrogens is 272 g/mol. The summed E-state index contributed by atoms with van der Waals surface area (Å²) in [5.41, 5.74) is 1.43. The predicted octanol–water partition coefficient (Wildman–Crippen LogP) is 3.45. The number of nitrogens with zero attached hydrogens (tertiary/aromatic N) is 3. The summed E-state index contributed by atoms with van der Waals surface area (Å²) >= 11 is 0. The molecule has 1 unspecified atom stereocenters. The average Bonchev–Trinajstić information content (AvgIpc) is 3.15. The summed E-state index contributed by atoms with van der Waals surface area (Å²) in [6.45, 7) is 0.581. The van der Waals surface area contributed by atoms with E-state index >= 15 is 0 Å². The molecule has 0 saturated heterocycles. The van der Waals surface area contributed by atoms with Gasteiger partial charge in [0, 0.05) is 24.0 Å². The van der Waals surface area contributed by atoms with E-state index in [9.17, 15) is 8.78 Å². The molecule has 1 aliphatic carbocycles. The largest absolute Gasteiger partial charge is 0.328 e. The number of benzene rings is 1. The molecule has 2 heterocycles. The van der Waals surface area contributed by atoms with E-state index in [1.165, 1.54) is 25.0 Å². The highest BCUT2D eigenvalue weighted by Crippen LogP contribution is 2.35. The highest BCUT2D eigenvalue weighted by Gasteiger charge is 2.33. The lowest BCUT2D eigenvalue weighted by Crippen LogP contribution is -2.31. The van der Waals surface area contributed by atoms with E-state index in [1.54, 1.807) is 6.20 Å². The normalized spacial score (nSPS) is 23.9. The topological polar surface area (TPSA) is 28.0 Å². The predicted molar refractivity (Wildman–Crippen MR) is 77.2 cm³/mol. The lowest BCUT2D eigenvalue weighted by Gasteiger charge is -2.20. The Morgan fingerprint density at radius 2 is 2.10 bits per heavy atom. The van der Waals surface area contributed by atoms with E-state index in [-0.39, 0.29) is 6.04 Å². The average molecular weight is 287 g/mol. The van der Waals surface area contributed by atoms with Crippen molar-refractivity contribution >= 4 is 11.5 Å². The molecule has 1 atom stereocenters. The lowest BCUT2D eigenvalue weighted by molar-refractivity contribution is 0.517. The molecule has 0 N–H and O–H groups in total. The third-order valence-corrected chi connectivity index (χ3v) is 4.16. The van der Waals surface area contributed by atoms with Gasteiger partial charge in [-0.2, -0.15) is 0 Å². The van der Waals surface area contributed by atoms with Crippen LogP contribution in [-0.4, -0.2) is 23.0 Å². The number of fused-ring (bicyclic) bond motifs is 1. The minimum atomic E-state index is -0.560. The second kappa shape index (κ2) is 4.76. The van der Waals surface area contributed by atoms with Gasteiger partial charge in [0.05, 0.1) is 18.3 Å². The van der Waals surface area contributed by atoms with Crippen LogP contribution in [0.2, 0.25) is 0 Å². The van der Waals surface area contributed by atoms with Crippen molar-refractivity contribution in [3.05, 3.63) is 47.8 Å². The van der Waals surface area contributed by atoms with Crippen LogP contribution in [0.3, 0.4) is 0 Å². The van der Waals surface area contributed by atoms with E-state index in [4.69, 9.17) is 0 Å². The van der Waals surface area contributed by atoms with Crippen LogP contribution in [0.4, 0.5) is 8.78 Å². The summed E-state index contributed by atoms with van der Waals surface area (Å²) in [5.74, 6) is 0.476. The van der Waals surface area contributed by atoms with Crippen LogP contribution in [0.5, 0.6) is 0 Å². The summed E-state index contributed by atoms with van der Waals surface area (Å²) in [7, 11) is 0. The number of amidine groups is 1. The van der Waals surface area contributed by atoms with Crippen molar-refractivity contribution in [2.24, 2.45) is 15.9 Å². The quantitative estimate of drug-likeness (QED) is 0.837. The maximum atomic E-state index is 13.9. The SMILES string of the molecule is Fc1ccc(C2CN3C=CN=C(CC4CC4)C3=N2)c(F)c1. The molecule has 0 amide bonds. The minimum absolute atomic E-state index is 0.298. The van der Waals surface area contributed by atoms with Crippen LogP contribution in [-0.2, 0) is 0 Å². The van der Waals surface area contributed by atoms with Gasteiger partial charge in [-0.15, -0.1) is 0 Å². The molecule has 1 fully saturated rings. The fourth-order valence-electron chi connectivity index (χ4n) is 2.85. The minimum Gasteiger partial charge on any atom is -0.328 e. The number of halogens is 2. The van der Waals surface area contributed by atoms with Gasteiger partial charge in [0.1, 0.15) is 17.5 Å². The van der Waals surface area contributed by atoms with Gasteiger partial charge in [0.2, 0.25) is 0 Å². The van der Waals surface area contributed by atoms with Gasteiger partial charge in [-0.3, -0.25) is 9.98 Å². The zero-order valence-corrected chi connectivity index (χ0v) is 11.5. The van der Waals surface area contributed by atoms with Gasteiger partial charge in [-0.25, -0.2) is 8.78 Å². The Bertz CT molecular complexity index is 674. The third-order valence-electron chi connectivity index (χ3n) is 4.16. The molecule has 3 nitrogen and oxygen atoms in total. The van der Waals surface area contributed by atoms with Gasteiger partial charge in [0.25, 0.3) is 0 Å². The van der Waals surface area contributed by atoms with Crippen LogP contribution in [0.1, 0.15) is 30.9 Å². The van der Waals surface area contributed by atoms with E-state index < -0.39 is 11.6 Å². The first-order valence-corrected chi connectivity index (χ1v) is 7.24. The van der Waals surface area contributed by atoms with Crippen molar-refractivity contribution < 1.29 is 8.78 Å². The summed E-state index contributed by atoms with van der Waals surface area (Å²) in [4.78, 5) is 11.1. The molecule has 1 aromatic rings. The van der Waals surface area contributed by atoms with Gasteiger partial charge in [0.15, 0.2) is 0 Å². The van der Waals surface area contributed by atoms with E-state index in [2.05, 4.69) is 9.98 Å². The maximum absolute atomic E-state index is 13.9. The second-order valence-electron chi connectivity index (χ2n) is 5.81. The molecule has 0 spiro atoms. The van der Waals surface area contributed by atoms with Gasteiger partial charge in [-0.1, -0.05) is 6.07 Å². The van der Waals surface area contributed by atoms with E-state index in [1.807, 2.05) is 11.1 Å². The molecule has 0 aromatic heterocycles. The van der Waals surface area contributed by atoms with E-state index in [0.29, 0.717) is 12.1 Å². The standard InChI is InChI=1S/C16H15F2N3/c17-11-3-4-12(13(18)8-11)15-9-21-6-5-19-14(16(21)20-15)7-10-1-2-10/h3-6,8,10,15H,1-2,7,9H2. The lowest BCUT2D eigenvalue weighted by atomic mass is 10.1. The monoisotopic (exact) mass is 287 g/mol. The van der Waals surface area contributed by atoms with Gasteiger partial charge >= 0.3 is 0 Å². The first kappa shape index (κ1) is 12.7. The van der Waals surface area contributed by atoms with Crippen LogP contribution >= 0.6 is 0 Å². The molecule has 108 valence electrons. The Kier molecular flexibility index (Phi) is 2.87. The molecule has 1 aromatic carbocycles. The Labute approximate surface area is 121 Å². The van der Waals surface area contributed by atoms with Crippen LogP contribution in [0.25, 0.3) is 0 Å². The molecule has 2 aliphatic heterocycles. The fourth-order valence-corrected chi connectivity index (χ4v) is 2.85. The summed E-state index contributed by atoms with van der Waals surface area (Å²) in [6.07, 6.45) is 7.10. The number of hydrogen-bond acceptors (Lipinski definition) is 3. The van der Waals surface area contributed by atoms with Crippen molar-refractivity contribution in [1.29, 1.82) is 0 Å². The molecule has 4 rings (SSSR count). The first-order valence-electron chi connectivity index (χ1n) is 7.24. The third kappa shape index (κ3) is 2.37. The fraction of sp³-hybridized carbons (Fsp3) is 0.375. The summed E-state index contributed by atoms with van der Waals surface area (Å²) in [5, 5.41) is 0. The Balaban J connectivity index is 1.63. The Morgan fingerprint density at radius 1 is 1.24 bits per heavy atom. The zero-order chi connectivity index (χ0) is 14.4. The highest BCUT2D eigenvalue weighted by molar-refractivity contribution is 6.42. The molecular formula is C16H15F2N3. The second-order valence-corrected chi connectivity index (χ2v) is 5.81. The maximum Gasteiger partial charge on any atom is 0.150 e. The van der Waals surface area contributed by atoms with Gasteiger partial charge in [-0.05, 0) is 31.2 Å². The van der Waals surface area contributed by atoms with Crippen molar-refractivity contribution in [2.45, 2.75) is 25.3 Å². The van der Waals surface area contributed by atoms with Gasteiger partial charge < -0.3 is 4.90 Å². The van der Waals surface area contributed by atoms with Crippen LogP contribution < -0.4 is 0 Å². The van der Waals surface area contributed by atoms with E-state index in [0.717, 1.165) is 30.0 Å². The first-order chi connectivity index (χ1) is 10.2. The molecule has 0 radical (unpaired) electrons. The highest BCUT2D eigenvalue weighted by atomic mass is 19.1. The number of aliphatic imine (C=N–C) groups is 2. The summed E-state index contributed by atoms with van der Waals surface area (Å²) in [6, 6.07) is 3.39. The smallest absolute Gasteiger partial charge is 0.150 e. The van der Waals surface area contributed by atoms with Crippen LogP contribution in [0.15, 0.2) is 40.6 Å². The molecule has 3 aliphatic rings. The van der Waals surface area contributed by atoms with Crippen molar-refractivity contribution in [3.63, 3.8) is 0 Å². The molecule has 0 bridgehead atoms. The Hall–Kier alpha value is -2.04. The van der Waals surface area contributed by atoms with Crippen molar-refractivity contribution in [1.82, 2.24) is 4.90 Å². The summed E-state index contributed by atoms with van der Waals surface area (Å²) < 4.78 is 26.9. The van der Waals surface area contributed by atoms with Crippen molar-refractivity contribution in [2.75, 3.05) is 6.54 Å². The van der Waals surface area contributed by atoms with Crippen molar-refractivity contribution in [3.8, 4) is 0 Å². The molecule has 21 heavy (non-hydrogen) atoms. The molecule has 5 heteroatoms. The Morgan fingerprint density at radius 3 is 2.86 bits per heavy atom.